The predicted octanol–water partition coefficient (Wildman–Crippen LogP) is 4.66. The van der Waals surface area contributed by atoms with Crippen LogP contribution in [0.5, 0.6) is 0 Å². The smallest absolute Gasteiger partial charge is 0.246 e. The first-order chi connectivity index (χ1) is 27.9. The summed E-state index contributed by atoms with van der Waals surface area (Å²) < 4.78 is 12.3. The van der Waals surface area contributed by atoms with Crippen LogP contribution in [0, 0.1) is 0 Å². The number of nitrogens with zero attached hydrogens (tertiary/aromatic N) is 2. The van der Waals surface area contributed by atoms with Gasteiger partial charge in [-0.05, 0) is 59.5 Å². The normalized spacial score (nSPS) is 28.0. The van der Waals surface area contributed by atoms with Gasteiger partial charge in [-0.15, -0.1) is 0 Å². The van der Waals surface area contributed by atoms with Gasteiger partial charge in [-0.2, -0.15) is 0 Å². The van der Waals surface area contributed by atoms with E-state index in [4.69, 9.17) is 32.7 Å². The van der Waals surface area contributed by atoms with Gasteiger partial charge >= 0.3 is 0 Å². The lowest BCUT2D eigenvalue weighted by Gasteiger charge is -2.53. The number of piperazine rings is 2. The molecule has 4 aromatic carbocycles. The number of carbonyl (C=O) groups excluding carboxylic acids is 2. The molecule has 4 aromatic rings. The summed E-state index contributed by atoms with van der Waals surface area (Å²) in [6, 6.07) is 36.9. The lowest BCUT2D eigenvalue weighted by atomic mass is 9.76. The zero-order chi connectivity index (χ0) is 39.2. The molecule has 300 valence electrons. The molecule has 57 heavy (non-hydrogen) atoms. The van der Waals surface area contributed by atoms with Crippen LogP contribution in [-0.2, 0) is 19.1 Å². The standard InChI is InChI=1S/C45H52Cl2N6O4/c46-35-15-11-33(12-16-35)43(31-7-3-1-4-8-31)37-25-48-21-23-52(37)39-27-56-28-40(54)45(39)19-20-50-41(29-57-30-42(55)51-45)53-24-22-49-26-38(53)44(32-9-5-2-6-10-32)34-13-17-36(47)18-14-34/h1-18,37-39,41,43-44,48-50H,19-30H2,(H,51,55). The van der Waals surface area contributed by atoms with E-state index in [0.717, 1.165) is 31.7 Å². The van der Waals surface area contributed by atoms with Crippen molar-refractivity contribution < 1.29 is 19.1 Å². The first-order valence-electron chi connectivity index (χ1n) is 20.2. The van der Waals surface area contributed by atoms with Crippen LogP contribution in [0.25, 0.3) is 0 Å². The molecule has 0 aromatic heterocycles. The third-order valence-electron chi connectivity index (χ3n) is 12.3. The number of Topliss-reactive ketones (excluding diaryl/α,β-unsaturated/α-hetero) is 1. The van der Waals surface area contributed by atoms with Gasteiger partial charge in [-0.25, -0.2) is 0 Å². The number of carbonyl (C=O) groups is 2. The third-order valence-corrected chi connectivity index (χ3v) is 12.8. The first-order valence-corrected chi connectivity index (χ1v) is 20.9. The molecule has 4 saturated heterocycles. The van der Waals surface area contributed by atoms with Crippen molar-refractivity contribution in [3.63, 3.8) is 0 Å². The summed E-state index contributed by atoms with van der Waals surface area (Å²) in [4.78, 5) is 33.3. The molecule has 1 amide bonds. The summed E-state index contributed by atoms with van der Waals surface area (Å²) >= 11 is 12.7. The molecular weight excluding hydrogens is 759 g/mol. The summed E-state index contributed by atoms with van der Waals surface area (Å²) in [5.41, 5.74) is 3.50. The van der Waals surface area contributed by atoms with Gasteiger partial charge in [0.05, 0.1) is 25.4 Å². The lowest BCUT2D eigenvalue weighted by molar-refractivity contribution is -0.153. The maximum Gasteiger partial charge on any atom is 0.246 e. The fourth-order valence-electron chi connectivity index (χ4n) is 9.69. The highest BCUT2D eigenvalue weighted by molar-refractivity contribution is 6.30. The Bertz CT molecular complexity index is 1940. The maximum atomic E-state index is 14.5. The van der Waals surface area contributed by atoms with Gasteiger partial charge in [0.25, 0.3) is 0 Å². The van der Waals surface area contributed by atoms with Gasteiger partial charge < -0.3 is 25.4 Å². The van der Waals surface area contributed by atoms with Crippen LogP contribution in [-0.4, -0.2) is 124 Å². The Balaban J connectivity index is 1.10. The van der Waals surface area contributed by atoms with E-state index in [1.807, 2.05) is 36.4 Å². The van der Waals surface area contributed by atoms with E-state index in [1.54, 1.807) is 0 Å². The van der Waals surface area contributed by atoms with Crippen LogP contribution in [0.15, 0.2) is 109 Å². The minimum Gasteiger partial charge on any atom is -0.372 e. The monoisotopic (exact) mass is 810 g/mol. The topological polar surface area (TPSA) is 107 Å². The molecular formula is C45H52Cl2N6O4. The number of nitrogens with one attached hydrogen (secondary N) is 4. The molecule has 4 N–H and O–H groups in total. The Hall–Kier alpha value is -3.68. The van der Waals surface area contributed by atoms with Crippen molar-refractivity contribution in [1.29, 1.82) is 0 Å². The first kappa shape index (κ1) is 40.1. The lowest BCUT2D eigenvalue weighted by Crippen LogP contribution is -2.75. The Kier molecular flexibility index (Phi) is 13.0. The molecule has 4 aliphatic rings. The van der Waals surface area contributed by atoms with Gasteiger partial charge in [0.15, 0.2) is 5.78 Å². The largest absolute Gasteiger partial charge is 0.372 e. The van der Waals surface area contributed by atoms with E-state index in [1.165, 1.54) is 16.7 Å². The van der Waals surface area contributed by atoms with Crippen LogP contribution in [0.3, 0.4) is 0 Å². The van der Waals surface area contributed by atoms with Crippen LogP contribution in [0.4, 0.5) is 0 Å². The van der Waals surface area contributed by atoms with Gasteiger partial charge in [0, 0.05) is 73.2 Å². The molecule has 12 heteroatoms. The summed E-state index contributed by atoms with van der Waals surface area (Å²) in [5, 5.41) is 15.8. The van der Waals surface area contributed by atoms with Crippen LogP contribution in [0.2, 0.25) is 10.0 Å². The van der Waals surface area contributed by atoms with E-state index in [2.05, 4.69) is 104 Å². The third kappa shape index (κ3) is 8.85. The molecule has 4 aliphatic heterocycles. The number of ether oxygens (including phenoxy) is 2. The van der Waals surface area contributed by atoms with Crippen LogP contribution < -0.4 is 21.3 Å². The van der Waals surface area contributed by atoms with Crippen LogP contribution in [0.1, 0.15) is 40.5 Å². The van der Waals surface area contributed by atoms with Crippen molar-refractivity contribution in [3.05, 3.63) is 141 Å². The molecule has 10 nitrogen and oxygen atoms in total. The molecule has 8 rings (SSSR count). The van der Waals surface area contributed by atoms with E-state index >= 15 is 0 Å². The quantitative estimate of drug-likeness (QED) is 0.202. The molecule has 1 spiro atoms. The summed E-state index contributed by atoms with van der Waals surface area (Å²) in [6.45, 7) is 5.40. The maximum absolute atomic E-state index is 14.5. The van der Waals surface area contributed by atoms with Crippen molar-refractivity contribution >= 4 is 34.9 Å². The fraction of sp³-hybridized carbons (Fsp3) is 0.422. The minimum atomic E-state index is -1.19. The highest BCUT2D eigenvalue weighted by Crippen LogP contribution is 2.38. The summed E-state index contributed by atoms with van der Waals surface area (Å²) in [7, 11) is 0. The summed E-state index contributed by atoms with van der Waals surface area (Å²) in [6.07, 6.45) is 0.206. The number of halogens is 2. The Morgan fingerprint density at radius 1 is 0.614 bits per heavy atom. The predicted molar refractivity (Wildman–Crippen MR) is 224 cm³/mol. The number of hydrogen-bond donors (Lipinski definition) is 4. The minimum absolute atomic E-state index is 0.0331. The highest BCUT2D eigenvalue weighted by Gasteiger charge is 2.54. The molecule has 0 aliphatic carbocycles. The molecule has 0 bridgehead atoms. The van der Waals surface area contributed by atoms with Crippen molar-refractivity contribution in [2.24, 2.45) is 0 Å². The molecule has 4 fully saturated rings. The van der Waals surface area contributed by atoms with Gasteiger partial charge in [0.1, 0.15) is 18.8 Å². The highest BCUT2D eigenvalue weighted by atomic mass is 35.5. The Morgan fingerprint density at radius 2 is 1.12 bits per heavy atom. The molecule has 4 heterocycles. The average molecular weight is 812 g/mol. The number of amides is 1. The second-order valence-corrected chi connectivity index (χ2v) is 16.5. The van der Waals surface area contributed by atoms with E-state index < -0.39 is 11.6 Å². The number of ketones is 1. The zero-order valence-corrected chi connectivity index (χ0v) is 33.6. The Morgan fingerprint density at radius 3 is 1.70 bits per heavy atom. The van der Waals surface area contributed by atoms with Crippen molar-refractivity contribution in [3.8, 4) is 0 Å². The van der Waals surface area contributed by atoms with Crippen molar-refractivity contribution in [2.45, 2.75) is 48.1 Å². The van der Waals surface area contributed by atoms with Gasteiger partial charge in [0.2, 0.25) is 5.91 Å². The van der Waals surface area contributed by atoms with Crippen molar-refractivity contribution in [2.75, 3.05) is 72.2 Å². The number of benzene rings is 4. The Labute approximate surface area is 345 Å². The van der Waals surface area contributed by atoms with Crippen molar-refractivity contribution in [1.82, 2.24) is 31.1 Å². The average Bonchev–Trinajstić information content (AvgIpc) is 3.24. The van der Waals surface area contributed by atoms with E-state index in [9.17, 15) is 9.59 Å². The van der Waals surface area contributed by atoms with Gasteiger partial charge in [-0.1, -0.05) is 108 Å². The number of hydrogen-bond acceptors (Lipinski definition) is 9. The SMILES string of the molecule is O=C1COCC(N2CCNCC2C(c2ccccc2)c2ccc(Cl)cc2)NCCC2(N1)C(=O)COCC2N1CCNCC1C(c1ccccc1)c1ccc(Cl)cc1. The molecule has 7 atom stereocenters. The van der Waals surface area contributed by atoms with Gasteiger partial charge in [-0.3, -0.25) is 24.7 Å². The second-order valence-electron chi connectivity index (χ2n) is 15.6. The van der Waals surface area contributed by atoms with E-state index in [-0.39, 0.29) is 55.0 Å². The molecule has 0 radical (unpaired) electrons. The van der Waals surface area contributed by atoms with E-state index in [0.29, 0.717) is 49.3 Å². The van der Waals surface area contributed by atoms with Crippen LogP contribution >= 0.6 is 23.2 Å². The second kappa shape index (κ2) is 18.5. The summed E-state index contributed by atoms with van der Waals surface area (Å²) in [5.74, 6) is -0.389. The number of rotatable bonds is 8. The zero-order valence-electron chi connectivity index (χ0n) is 32.1. The molecule has 0 saturated carbocycles. The molecule has 7 unspecified atom stereocenters. The fourth-order valence-corrected chi connectivity index (χ4v) is 9.94.